The van der Waals surface area contributed by atoms with Crippen LogP contribution in [-0.4, -0.2) is 107 Å². The van der Waals surface area contributed by atoms with Gasteiger partial charge in [-0.2, -0.15) is 0 Å². The van der Waals surface area contributed by atoms with Gasteiger partial charge in [-0.05, 0) is 31.9 Å². The SMILES string of the molecule is C=C1C[C@@H](C(=O)OC)N(C(=O)c2cc(OCC)c(OCCCOc3cc([N+](=O)[O-])c(C(=O)N4Cc5cc([N+](=O)[O-])ccc5C[C@H]4C(=O)OCC)cc3OCC)cc2[N+](=O)[O-])C1. The molecule has 0 bridgehead atoms. The first-order chi connectivity index (χ1) is 29.1. The lowest BCUT2D eigenvalue weighted by molar-refractivity contribution is -0.385. The molecule has 21 heteroatoms. The van der Waals surface area contributed by atoms with Gasteiger partial charge in [0.2, 0.25) is 0 Å². The van der Waals surface area contributed by atoms with E-state index in [-0.39, 0.29) is 99.6 Å². The van der Waals surface area contributed by atoms with Gasteiger partial charge in [-0.25, -0.2) is 9.59 Å². The number of rotatable bonds is 18. The van der Waals surface area contributed by atoms with E-state index in [0.717, 1.165) is 28.0 Å². The van der Waals surface area contributed by atoms with E-state index >= 15 is 0 Å². The Morgan fingerprint density at radius 2 is 1.16 bits per heavy atom. The standard InChI is InChI=1S/C40H43N5O16/c1-6-57-33-17-27(37(46)41-21-23(4)14-31(41)39(48)56-5)29(44(52)53)19-35(33)60-12-9-13-61-36-20-30(45(54)55)28(18-34(36)58-7-2)38(47)42-22-25-15-26(43(50)51)11-10-24(25)16-32(42)40(49)59-8-3/h10-11,15,17-20,31-32H,4,6-9,12-14,16,21-22H2,1-3,5H3/t31-,32-/m0/s1. The molecule has 5 rings (SSSR count). The van der Waals surface area contributed by atoms with E-state index in [1.807, 2.05) is 0 Å². The number of benzene rings is 3. The van der Waals surface area contributed by atoms with Gasteiger partial charge in [-0.3, -0.25) is 39.9 Å². The summed E-state index contributed by atoms with van der Waals surface area (Å²) in [5, 5.41) is 36.1. The number of likely N-dealkylation sites (tertiary alicyclic amines) is 1. The van der Waals surface area contributed by atoms with Crippen LogP contribution in [0.1, 0.15) is 65.5 Å². The topological polar surface area (TPSA) is 260 Å². The van der Waals surface area contributed by atoms with Crippen molar-refractivity contribution < 1.29 is 62.4 Å². The quantitative estimate of drug-likeness (QED) is 0.0528. The zero-order chi connectivity index (χ0) is 44.5. The van der Waals surface area contributed by atoms with Crippen molar-refractivity contribution in [2.75, 3.05) is 46.7 Å². The van der Waals surface area contributed by atoms with Crippen molar-refractivity contribution in [3.63, 3.8) is 0 Å². The smallest absolute Gasteiger partial charge is 0.329 e. The molecule has 3 aromatic rings. The van der Waals surface area contributed by atoms with Crippen LogP contribution in [0.3, 0.4) is 0 Å². The maximum atomic E-state index is 14.2. The van der Waals surface area contributed by atoms with Gasteiger partial charge < -0.3 is 38.2 Å². The minimum atomic E-state index is -1.20. The molecule has 0 spiro atoms. The predicted octanol–water partition coefficient (Wildman–Crippen LogP) is 5.13. The van der Waals surface area contributed by atoms with Gasteiger partial charge in [0.05, 0.1) is 67.0 Å². The average molecular weight is 850 g/mol. The molecule has 1 fully saturated rings. The highest BCUT2D eigenvalue weighted by molar-refractivity contribution is 6.02. The second-order valence-corrected chi connectivity index (χ2v) is 13.6. The first kappa shape index (κ1) is 44.8. The third-order valence-electron chi connectivity index (χ3n) is 9.72. The number of fused-ring (bicyclic) bond motifs is 1. The summed E-state index contributed by atoms with van der Waals surface area (Å²) in [6, 6.07) is 6.19. The number of carbonyl (C=O) groups excluding carboxylic acids is 4. The van der Waals surface area contributed by atoms with Gasteiger partial charge in [0, 0.05) is 56.6 Å². The number of nitro groups is 3. The molecule has 2 aliphatic rings. The Morgan fingerprint density at radius 1 is 0.656 bits per heavy atom. The summed E-state index contributed by atoms with van der Waals surface area (Å²) < 4.78 is 33.1. The van der Waals surface area contributed by atoms with Gasteiger partial charge in [-0.1, -0.05) is 18.2 Å². The van der Waals surface area contributed by atoms with Crippen LogP contribution in [0.25, 0.3) is 0 Å². The molecule has 2 atom stereocenters. The Balaban J connectivity index is 1.35. The Labute approximate surface area is 348 Å². The lowest BCUT2D eigenvalue weighted by Crippen LogP contribution is -2.49. The van der Waals surface area contributed by atoms with Crippen molar-refractivity contribution >= 4 is 40.8 Å². The summed E-state index contributed by atoms with van der Waals surface area (Å²) in [4.78, 5) is 89.4. The number of hydrogen-bond acceptors (Lipinski definition) is 16. The Bertz CT molecular complexity index is 2260. The number of esters is 2. The van der Waals surface area contributed by atoms with Crippen LogP contribution in [0.5, 0.6) is 23.0 Å². The van der Waals surface area contributed by atoms with E-state index in [4.69, 9.17) is 28.4 Å². The minimum absolute atomic E-state index is 0.00685. The first-order valence-corrected chi connectivity index (χ1v) is 19.1. The Kier molecular flexibility index (Phi) is 14.4. The van der Waals surface area contributed by atoms with Crippen molar-refractivity contribution in [3.05, 3.63) is 107 Å². The molecule has 2 amide bonds. The van der Waals surface area contributed by atoms with Crippen molar-refractivity contribution in [1.82, 2.24) is 9.80 Å². The number of methoxy groups -OCH3 is 1. The molecule has 3 aromatic carbocycles. The van der Waals surface area contributed by atoms with E-state index in [2.05, 4.69) is 6.58 Å². The maximum Gasteiger partial charge on any atom is 0.329 e. The predicted molar refractivity (Wildman–Crippen MR) is 212 cm³/mol. The van der Waals surface area contributed by atoms with Crippen molar-refractivity contribution in [1.29, 1.82) is 0 Å². The molecule has 2 aliphatic heterocycles. The van der Waals surface area contributed by atoms with Gasteiger partial charge >= 0.3 is 11.9 Å². The number of hydrogen-bond donors (Lipinski definition) is 0. The molecular formula is C40H43N5O16. The monoisotopic (exact) mass is 849 g/mol. The minimum Gasteiger partial charge on any atom is -0.490 e. The molecule has 0 N–H and O–H groups in total. The summed E-state index contributed by atoms with van der Waals surface area (Å²) >= 11 is 0. The van der Waals surface area contributed by atoms with E-state index < -0.39 is 67.5 Å². The molecule has 0 unspecified atom stereocenters. The normalized spacial score (nSPS) is 15.6. The second-order valence-electron chi connectivity index (χ2n) is 13.6. The first-order valence-electron chi connectivity index (χ1n) is 19.1. The molecular weight excluding hydrogens is 806 g/mol. The van der Waals surface area contributed by atoms with E-state index in [0.29, 0.717) is 16.7 Å². The van der Waals surface area contributed by atoms with Crippen LogP contribution < -0.4 is 18.9 Å². The van der Waals surface area contributed by atoms with Crippen LogP contribution in [0.15, 0.2) is 54.6 Å². The molecule has 21 nitrogen and oxygen atoms in total. The lowest BCUT2D eigenvalue weighted by atomic mass is 9.92. The molecule has 0 saturated carbocycles. The van der Waals surface area contributed by atoms with Gasteiger partial charge in [0.15, 0.2) is 23.0 Å². The van der Waals surface area contributed by atoms with E-state index in [1.165, 1.54) is 31.4 Å². The summed E-state index contributed by atoms with van der Waals surface area (Å²) in [5.74, 6) is -3.38. The molecule has 61 heavy (non-hydrogen) atoms. The molecule has 0 aromatic heterocycles. The third kappa shape index (κ3) is 9.94. The van der Waals surface area contributed by atoms with Crippen molar-refractivity contribution in [3.8, 4) is 23.0 Å². The van der Waals surface area contributed by atoms with Crippen LogP contribution in [-0.2, 0) is 32.0 Å². The van der Waals surface area contributed by atoms with Crippen molar-refractivity contribution in [2.45, 2.75) is 58.7 Å². The maximum absolute atomic E-state index is 14.2. The fourth-order valence-electron chi connectivity index (χ4n) is 6.94. The number of carbonyl (C=O) groups is 4. The van der Waals surface area contributed by atoms with Gasteiger partial charge in [0.25, 0.3) is 28.9 Å². The Morgan fingerprint density at radius 3 is 1.64 bits per heavy atom. The summed E-state index contributed by atoms with van der Waals surface area (Å²) in [6.45, 7) is 8.33. The van der Waals surface area contributed by atoms with E-state index in [9.17, 15) is 49.5 Å². The molecule has 324 valence electrons. The van der Waals surface area contributed by atoms with Crippen LogP contribution >= 0.6 is 0 Å². The van der Waals surface area contributed by atoms with Gasteiger partial charge in [0.1, 0.15) is 23.2 Å². The number of ether oxygens (including phenoxy) is 6. The zero-order valence-electron chi connectivity index (χ0n) is 33.7. The summed E-state index contributed by atoms with van der Waals surface area (Å²) in [6.07, 6.45) is 0.190. The number of nitrogens with zero attached hydrogens (tertiary/aromatic N) is 5. The highest BCUT2D eigenvalue weighted by Gasteiger charge is 2.41. The number of non-ortho nitro benzene ring substituents is 1. The summed E-state index contributed by atoms with van der Waals surface area (Å²) in [7, 11) is 1.17. The Hall–Kier alpha value is -7.32. The fourth-order valence-corrected chi connectivity index (χ4v) is 6.94. The highest BCUT2D eigenvalue weighted by atomic mass is 16.6. The molecule has 2 heterocycles. The molecule has 0 aliphatic carbocycles. The average Bonchev–Trinajstić information content (AvgIpc) is 3.63. The molecule has 0 radical (unpaired) electrons. The third-order valence-corrected chi connectivity index (χ3v) is 9.72. The van der Waals surface area contributed by atoms with Crippen molar-refractivity contribution in [2.24, 2.45) is 0 Å². The zero-order valence-corrected chi connectivity index (χ0v) is 33.7. The molecule has 1 saturated heterocycles. The number of amides is 2. The largest absolute Gasteiger partial charge is 0.490 e. The number of nitro benzene ring substituents is 3. The van der Waals surface area contributed by atoms with E-state index in [1.54, 1.807) is 20.8 Å². The summed E-state index contributed by atoms with van der Waals surface area (Å²) in [5.41, 5.74) is -0.772. The highest BCUT2D eigenvalue weighted by Crippen LogP contribution is 2.39. The van der Waals surface area contributed by atoms with Crippen LogP contribution in [0, 0.1) is 30.3 Å². The van der Waals surface area contributed by atoms with Crippen LogP contribution in [0.2, 0.25) is 0 Å². The second kappa shape index (κ2) is 19.6. The lowest BCUT2D eigenvalue weighted by Gasteiger charge is -2.35. The van der Waals surface area contributed by atoms with Gasteiger partial charge in [-0.15, -0.1) is 0 Å². The fraction of sp³-hybridized carbons (Fsp3) is 0.400. The van der Waals surface area contributed by atoms with Crippen LogP contribution in [0.4, 0.5) is 17.1 Å².